The van der Waals surface area contributed by atoms with Gasteiger partial charge in [0.1, 0.15) is 0 Å². The predicted octanol–water partition coefficient (Wildman–Crippen LogP) is 3.91. The van der Waals surface area contributed by atoms with E-state index < -0.39 is 0 Å². The Morgan fingerprint density at radius 1 is 1.05 bits per heavy atom. The molecule has 0 amide bonds. The van der Waals surface area contributed by atoms with Crippen LogP contribution in [0, 0.1) is 23.2 Å². The van der Waals surface area contributed by atoms with E-state index in [1.807, 2.05) is 0 Å². The molecular weight excluding hydrogens is 256 g/mol. The van der Waals surface area contributed by atoms with E-state index in [4.69, 9.17) is 0 Å². The van der Waals surface area contributed by atoms with Crippen molar-refractivity contribution in [3.05, 3.63) is 0 Å². The van der Waals surface area contributed by atoms with Crippen molar-refractivity contribution < 1.29 is 0 Å². The molecular formula is C19H36N2. The molecule has 0 aromatic heterocycles. The molecule has 1 N–H and O–H groups in total. The first-order valence-corrected chi connectivity index (χ1v) is 9.46. The van der Waals surface area contributed by atoms with Crippen LogP contribution in [0.2, 0.25) is 0 Å². The lowest BCUT2D eigenvalue weighted by atomic mass is 9.48. The molecule has 4 aliphatic carbocycles. The summed E-state index contributed by atoms with van der Waals surface area (Å²) in [6.07, 6.45) is 10.5. The molecule has 122 valence electrons. The van der Waals surface area contributed by atoms with Gasteiger partial charge in [0.15, 0.2) is 0 Å². The molecule has 2 nitrogen and oxygen atoms in total. The van der Waals surface area contributed by atoms with Crippen LogP contribution in [-0.4, -0.2) is 37.1 Å². The number of nitrogens with one attached hydrogen (secondary N) is 1. The summed E-state index contributed by atoms with van der Waals surface area (Å²) in [7, 11) is 2.27. The minimum absolute atomic E-state index is 0.656. The highest BCUT2D eigenvalue weighted by Crippen LogP contribution is 2.61. The summed E-state index contributed by atoms with van der Waals surface area (Å²) in [4.78, 5) is 2.50. The van der Waals surface area contributed by atoms with Crippen LogP contribution in [0.3, 0.4) is 0 Å². The van der Waals surface area contributed by atoms with Crippen LogP contribution in [0.5, 0.6) is 0 Å². The van der Waals surface area contributed by atoms with Crippen molar-refractivity contribution in [1.29, 1.82) is 0 Å². The molecule has 0 aliphatic heterocycles. The van der Waals surface area contributed by atoms with Crippen molar-refractivity contribution in [3.63, 3.8) is 0 Å². The standard InChI is InChI=1S/C19H36N2/c1-5-14(2)21(4)7-6-20-15(3)19-11-16-8-17(12-19)10-18(9-16)13-19/h14-18,20H,5-13H2,1-4H3. The maximum Gasteiger partial charge on any atom is 0.0107 e. The van der Waals surface area contributed by atoms with Gasteiger partial charge in [-0.15, -0.1) is 0 Å². The highest BCUT2D eigenvalue weighted by molar-refractivity contribution is 5.05. The van der Waals surface area contributed by atoms with E-state index in [9.17, 15) is 0 Å². The molecule has 0 aromatic carbocycles. The summed E-state index contributed by atoms with van der Waals surface area (Å²) in [6.45, 7) is 9.45. The molecule has 4 bridgehead atoms. The lowest BCUT2D eigenvalue weighted by molar-refractivity contribution is -0.0705. The Hall–Kier alpha value is -0.0800. The fourth-order valence-electron chi connectivity index (χ4n) is 5.91. The van der Waals surface area contributed by atoms with Crippen LogP contribution >= 0.6 is 0 Å². The van der Waals surface area contributed by atoms with Crippen LogP contribution in [-0.2, 0) is 0 Å². The molecule has 2 unspecified atom stereocenters. The van der Waals surface area contributed by atoms with E-state index in [1.54, 1.807) is 19.3 Å². The van der Waals surface area contributed by atoms with Gasteiger partial charge in [0.05, 0.1) is 0 Å². The maximum absolute atomic E-state index is 3.91. The van der Waals surface area contributed by atoms with Gasteiger partial charge in [-0.2, -0.15) is 0 Å². The van der Waals surface area contributed by atoms with E-state index in [0.717, 1.165) is 30.3 Å². The third-order valence-electron chi connectivity index (χ3n) is 7.26. The average molecular weight is 293 g/mol. The van der Waals surface area contributed by atoms with E-state index in [2.05, 4.69) is 38.0 Å². The first-order valence-electron chi connectivity index (χ1n) is 9.46. The number of rotatable bonds is 7. The second-order valence-corrected chi connectivity index (χ2v) is 8.69. The summed E-state index contributed by atoms with van der Waals surface area (Å²) in [5.41, 5.74) is 0.656. The number of hydrogen-bond acceptors (Lipinski definition) is 2. The molecule has 2 heteroatoms. The number of nitrogens with zero attached hydrogens (tertiary/aromatic N) is 1. The maximum atomic E-state index is 3.91. The Labute approximate surface area is 132 Å². The minimum atomic E-state index is 0.656. The van der Waals surface area contributed by atoms with Crippen LogP contribution in [0.25, 0.3) is 0 Å². The summed E-state index contributed by atoms with van der Waals surface area (Å²) in [6, 6.07) is 1.43. The Balaban J connectivity index is 1.50. The highest BCUT2D eigenvalue weighted by Gasteiger charge is 2.52. The van der Waals surface area contributed by atoms with Crippen molar-refractivity contribution in [1.82, 2.24) is 10.2 Å². The zero-order chi connectivity index (χ0) is 15.0. The van der Waals surface area contributed by atoms with E-state index in [1.165, 1.54) is 32.2 Å². The van der Waals surface area contributed by atoms with Gasteiger partial charge in [0.25, 0.3) is 0 Å². The van der Waals surface area contributed by atoms with E-state index >= 15 is 0 Å². The SMILES string of the molecule is CCC(C)N(C)CCNC(C)C12CC3CC(CC(C3)C1)C2. The topological polar surface area (TPSA) is 15.3 Å². The Bertz CT molecular complexity index is 316. The molecule has 0 spiro atoms. The third-order valence-corrected chi connectivity index (χ3v) is 7.26. The van der Waals surface area contributed by atoms with Crippen molar-refractivity contribution in [2.75, 3.05) is 20.1 Å². The molecule has 2 atom stereocenters. The fraction of sp³-hybridized carbons (Fsp3) is 1.00. The van der Waals surface area contributed by atoms with Crippen LogP contribution in [0.15, 0.2) is 0 Å². The van der Waals surface area contributed by atoms with E-state index in [-0.39, 0.29) is 0 Å². The zero-order valence-electron chi connectivity index (χ0n) is 14.7. The van der Waals surface area contributed by atoms with Crippen molar-refractivity contribution in [3.8, 4) is 0 Å². The monoisotopic (exact) mass is 292 g/mol. The Morgan fingerprint density at radius 2 is 1.57 bits per heavy atom. The summed E-state index contributed by atoms with van der Waals surface area (Å²) < 4.78 is 0. The lowest BCUT2D eigenvalue weighted by Crippen LogP contribution is -2.55. The molecule has 4 saturated carbocycles. The first-order chi connectivity index (χ1) is 10.0. The molecule has 4 fully saturated rings. The van der Waals surface area contributed by atoms with E-state index in [0.29, 0.717) is 11.5 Å². The molecule has 21 heavy (non-hydrogen) atoms. The van der Waals surface area contributed by atoms with Crippen LogP contribution in [0.4, 0.5) is 0 Å². The predicted molar refractivity (Wildman–Crippen MR) is 90.5 cm³/mol. The average Bonchev–Trinajstić information content (AvgIpc) is 2.44. The van der Waals surface area contributed by atoms with Gasteiger partial charge in [-0.25, -0.2) is 0 Å². The Morgan fingerprint density at radius 3 is 2.05 bits per heavy atom. The second-order valence-electron chi connectivity index (χ2n) is 8.69. The second kappa shape index (κ2) is 6.20. The van der Waals surface area contributed by atoms with Gasteiger partial charge < -0.3 is 10.2 Å². The minimum Gasteiger partial charge on any atom is -0.312 e. The Kier molecular flexibility index (Phi) is 4.66. The van der Waals surface area contributed by atoms with Gasteiger partial charge in [0, 0.05) is 25.2 Å². The fourth-order valence-corrected chi connectivity index (χ4v) is 5.91. The molecule has 0 aromatic rings. The molecule has 0 radical (unpaired) electrons. The van der Waals surface area contributed by atoms with Crippen molar-refractivity contribution in [2.45, 2.75) is 77.8 Å². The largest absolute Gasteiger partial charge is 0.312 e. The van der Waals surface area contributed by atoms with Gasteiger partial charge in [0.2, 0.25) is 0 Å². The van der Waals surface area contributed by atoms with Gasteiger partial charge in [-0.3, -0.25) is 0 Å². The molecule has 0 saturated heterocycles. The third kappa shape index (κ3) is 3.17. The summed E-state index contributed by atoms with van der Waals surface area (Å²) in [5.74, 6) is 3.22. The number of likely N-dealkylation sites (N-methyl/N-ethyl adjacent to an activating group) is 1. The molecule has 0 heterocycles. The summed E-state index contributed by atoms with van der Waals surface area (Å²) >= 11 is 0. The van der Waals surface area contributed by atoms with Crippen molar-refractivity contribution in [2.24, 2.45) is 23.2 Å². The van der Waals surface area contributed by atoms with Crippen LogP contribution in [0.1, 0.15) is 65.7 Å². The number of hydrogen-bond donors (Lipinski definition) is 1. The van der Waals surface area contributed by atoms with Gasteiger partial charge in [-0.1, -0.05) is 6.92 Å². The quantitative estimate of drug-likeness (QED) is 0.765. The zero-order valence-corrected chi connectivity index (χ0v) is 14.7. The van der Waals surface area contributed by atoms with Gasteiger partial charge >= 0.3 is 0 Å². The van der Waals surface area contributed by atoms with Gasteiger partial charge in [-0.05, 0) is 89.0 Å². The lowest BCUT2D eigenvalue weighted by Gasteiger charge is -2.59. The van der Waals surface area contributed by atoms with Crippen LogP contribution < -0.4 is 5.32 Å². The summed E-state index contributed by atoms with van der Waals surface area (Å²) in [5, 5.41) is 3.91. The van der Waals surface area contributed by atoms with Crippen molar-refractivity contribution >= 4 is 0 Å². The first kappa shape index (κ1) is 15.8. The molecule has 4 rings (SSSR count). The molecule has 4 aliphatic rings. The smallest absolute Gasteiger partial charge is 0.0107 e. The normalized spacial score (nSPS) is 40.7. The highest BCUT2D eigenvalue weighted by atomic mass is 15.1.